The number of rotatable bonds is 18. The fraction of sp³-hybridized carbons (Fsp3) is 0.680. The number of nitrogens with zero attached hydrogens (tertiary/aromatic N) is 1. The zero-order valence-corrected chi connectivity index (χ0v) is 17.4. The number of benzene rings is 1. The van der Waals surface area contributed by atoms with E-state index < -0.39 is 0 Å². The lowest BCUT2D eigenvalue weighted by atomic mass is 10.0. The van der Waals surface area contributed by atoms with Gasteiger partial charge in [-0.25, -0.2) is 0 Å². The van der Waals surface area contributed by atoms with Crippen LogP contribution < -0.4 is 4.90 Å². The molecule has 0 saturated carbocycles. The third kappa shape index (κ3) is 13.3. The summed E-state index contributed by atoms with van der Waals surface area (Å²) in [5, 5.41) is 0. The molecule has 1 rings (SSSR count). The molecule has 2 radical (unpaired) electrons. The van der Waals surface area contributed by atoms with Gasteiger partial charge in [-0.3, -0.25) is 0 Å². The van der Waals surface area contributed by atoms with Crippen molar-refractivity contribution in [1.82, 2.24) is 0 Å². The number of hydrogen-bond acceptors (Lipinski definition) is 1. The number of anilines is 1. The summed E-state index contributed by atoms with van der Waals surface area (Å²) >= 11 is 0. The van der Waals surface area contributed by atoms with E-state index in [1.807, 2.05) is 0 Å². The summed E-state index contributed by atoms with van der Waals surface area (Å²) in [7, 11) is 2.15. The lowest BCUT2D eigenvalue weighted by Gasteiger charge is -2.18. The zero-order chi connectivity index (χ0) is 18.7. The maximum absolute atomic E-state index is 3.90. The summed E-state index contributed by atoms with van der Waals surface area (Å²) in [5.41, 5.74) is 1.28. The molecule has 0 aliphatic heterocycles. The second kappa shape index (κ2) is 17.4. The van der Waals surface area contributed by atoms with Gasteiger partial charge in [-0.2, -0.15) is 0 Å². The molecule has 0 aliphatic rings. The van der Waals surface area contributed by atoms with Crippen LogP contribution in [-0.4, -0.2) is 7.05 Å². The molecular formula is C25H43N. The highest BCUT2D eigenvalue weighted by atomic mass is 15.1. The minimum Gasteiger partial charge on any atom is -0.370 e. The summed E-state index contributed by atoms with van der Waals surface area (Å²) in [6.45, 7) is 6.23. The molecule has 0 heterocycles. The van der Waals surface area contributed by atoms with Crippen LogP contribution >= 0.6 is 0 Å². The first-order valence-corrected chi connectivity index (χ1v) is 11.2. The maximum Gasteiger partial charge on any atom is 0.0490 e. The van der Waals surface area contributed by atoms with Gasteiger partial charge in [-0.05, 0) is 18.6 Å². The number of unbranched alkanes of at least 4 members (excludes halogenated alkanes) is 15. The predicted molar refractivity (Wildman–Crippen MR) is 118 cm³/mol. The third-order valence-electron chi connectivity index (χ3n) is 5.27. The van der Waals surface area contributed by atoms with E-state index in [9.17, 15) is 0 Å². The van der Waals surface area contributed by atoms with Gasteiger partial charge in [-0.1, -0.05) is 121 Å². The molecule has 0 unspecified atom stereocenters. The highest BCUT2D eigenvalue weighted by Crippen LogP contribution is 2.16. The molecule has 1 heteroatoms. The van der Waals surface area contributed by atoms with Crippen LogP contribution in [-0.2, 0) is 0 Å². The molecule has 0 N–H and O–H groups in total. The Morgan fingerprint density at radius 1 is 0.654 bits per heavy atom. The van der Waals surface area contributed by atoms with Crippen LogP contribution in [0.2, 0.25) is 0 Å². The molecule has 0 fully saturated rings. The van der Waals surface area contributed by atoms with E-state index in [1.165, 1.54) is 102 Å². The molecule has 0 spiro atoms. The zero-order valence-electron chi connectivity index (χ0n) is 17.4. The van der Waals surface area contributed by atoms with Gasteiger partial charge < -0.3 is 4.90 Å². The van der Waals surface area contributed by atoms with Crippen LogP contribution in [0.3, 0.4) is 0 Å². The van der Waals surface area contributed by atoms with Crippen molar-refractivity contribution in [2.24, 2.45) is 0 Å². The number of hydrogen-bond donors (Lipinski definition) is 0. The molecule has 1 nitrogen and oxygen atoms in total. The van der Waals surface area contributed by atoms with E-state index in [2.05, 4.69) is 55.7 Å². The topological polar surface area (TPSA) is 3.24 Å². The van der Waals surface area contributed by atoms with Crippen molar-refractivity contribution in [3.05, 3.63) is 43.8 Å². The van der Waals surface area contributed by atoms with E-state index in [0.29, 0.717) is 0 Å². The van der Waals surface area contributed by atoms with Crippen molar-refractivity contribution in [2.45, 2.75) is 103 Å². The third-order valence-corrected chi connectivity index (χ3v) is 5.27. The summed E-state index contributed by atoms with van der Waals surface area (Å²) in [6, 6.07) is 10.6. The van der Waals surface area contributed by atoms with Crippen LogP contribution in [0.25, 0.3) is 0 Å². The van der Waals surface area contributed by atoms with Crippen LogP contribution in [0.1, 0.15) is 103 Å². The van der Waals surface area contributed by atoms with E-state index in [4.69, 9.17) is 0 Å². The first-order valence-electron chi connectivity index (χ1n) is 11.2. The van der Waals surface area contributed by atoms with Crippen LogP contribution in [0.5, 0.6) is 0 Å². The normalized spacial score (nSPS) is 11.0. The van der Waals surface area contributed by atoms with Gasteiger partial charge in [-0.15, -0.1) is 0 Å². The summed E-state index contributed by atoms with van der Waals surface area (Å²) in [6.07, 6.45) is 22.1. The second-order valence-corrected chi connectivity index (χ2v) is 7.72. The quantitative estimate of drug-likeness (QED) is 0.238. The molecule has 0 aromatic heterocycles. The summed E-state index contributed by atoms with van der Waals surface area (Å²) in [4.78, 5) is 2.25. The van der Waals surface area contributed by atoms with E-state index in [-0.39, 0.29) is 0 Å². The van der Waals surface area contributed by atoms with Crippen molar-refractivity contribution >= 4 is 5.69 Å². The van der Waals surface area contributed by atoms with Crippen LogP contribution in [0.15, 0.2) is 30.3 Å². The fourth-order valence-electron chi connectivity index (χ4n) is 3.50. The lowest BCUT2D eigenvalue weighted by Crippen LogP contribution is -2.12. The first kappa shape index (κ1) is 23.1. The van der Waals surface area contributed by atoms with E-state index >= 15 is 0 Å². The van der Waals surface area contributed by atoms with Gasteiger partial charge in [0.1, 0.15) is 0 Å². The SMILES string of the molecule is [CH2]CCCCCCCCCCCCCCCC[CH]N(C)c1ccccc1. The van der Waals surface area contributed by atoms with Crippen LogP contribution in [0.4, 0.5) is 5.69 Å². The van der Waals surface area contributed by atoms with Crippen molar-refractivity contribution in [2.75, 3.05) is 11.9 Å². The average molecular weight is 358 g/mol. The Labute approximate surface area is 164 Å². The Morgan fingerprint density at radius 3 is 1.54 bits per heavy atom. The van der Waals surface area contributed by atoms with Gasteiger partial charge in [0.15, 0.2) is 0 Å². The lowest BCUT2D eigenvalue weighted by molar-refractivity contribution is 0.533. The van der Waals surface area contributed by atoms with Gasteiger partial charge in [0.05, 0.1) is 0 Å². The number of para-hydroxylation sites is 1. The van der Waals surface area contributed by atoms with Crippen molar-refractivity contribution < 1.29 is 0 Å². The van der Waals surface area contributed by atoms with Crippen molar-refractivity contribution in [1.29, 1.82) is 0 Å². The largest absolute Gasteiger partial charge is 0.370 e. The molecular weight excluding hydrogens is 314 g/mol. The molecule has 1 aromatic rings. The summed E-state index contributed by atoms with van der Waals surface area (Å²) < 4.78 is 0. The molecule has 1 aromatic carbocycles. The Morgan fingerprint density at radius 2 is 1.08 bits per heavy atom. The van der Waals surface area contributed by atoms with Gasteiger partial charge >= 0.3 is 0 Å². The Kier molecular flexibility index (Phi) is 15.5. The summed E-state index contributed by atoms with van der Waals surface area (Å²) in [5.74, 6) is 0. The predicted octanol–water partition coefficient (Wildman–Crippen LogP) is 8.36. The van der Waals surface area contributed by atoms with Crippen LogP contribution in [0, 0.1) is 13.5 Å². The van der Waals surface area contributed by atoms with E-state index in [0.717, 1.165) is 6.42 Å². The minimum absolute atomic E-state index is 1.11. The van der Waals surface area contributed by atoms with E-state index in [1.54, 1.807) is 0 Å². The smallest absolute Gasteiger partial charge is 0.0490 e. The molecule has 0 bridgehead atoms. The molecule has 0 saturated heterocycles. The van der Waals surface area contributed by atoms with Gasteiger partial charge in [0, 0.05) is 19.3 Å². The van der Waals surface area contributed by atoms with Crippen molar-refractivity contribution in [3.8, 4) is 0 Å². The Bertz CT molecular complexity index is 386. The molecule has 26 heavy (non-hydrogen) atoms. The average Bonchev–Trinajstić information content (AvgIpc) is 2.68. The molecule has 0 amide bonds. The van der Waals surface area contributed by atoms with Gasteiger partial charge in [0.2, 0.25) is 0 Å². The molecule has 0 aliphatic carbocycles. The molecule has 148 valence electrons. The Balaban J connectivity index is 1.76. The monoisotopic (exact) mass is 357 g/mol. The second-order valence-electron chi connectivity index (χ2n) is 7.72. The standard InChI is InChI=1S/C25H43N/c1-3-4-5-6-7-8-9-10-11-12-13-14-15-16-17-21-24-26(2)25-22-19-18-20-23-25/h18-20,22-24H,1,3-17,21H2,2H3. The maximum atomic E-state index is 3.90. The van der Waals surface area contributed by atoms with Crippen molar-refractivity contribution in [3.63, 3.8) is 0 Å². The highest BCUT2D eigenvalue weighted by molar-refractivity contribution is 5.46. The fourth-order valence-corrected chi connectivity index (χ4v) is 3.50. The molecule has 0 atom stereocenters. The minimum atomic E-state index is 1.11. The first-order chi connectivity index (χ1) is 12.8. The Hall–Kier alpha value is -0.980. The van der Waals surface area contributed by atoms with Gasteiger partial charge in [0.25, 0.3) is 0 Å². The highest BCUT2D eigenvalue weighted by Gasteiger charge is 2.00.